The minimum atomic E-state index is -0.902. The molecule has 29 heavy (non-hydrogen) atoms. The Labute approximate surface area is 181 Å². The van der Waals surface area contributed by atoms with Crippen LogP contribution in [0, 0.1) is 5.92 Å². The van der Waals surface area contributed by atoms with Crippen LogP contribution in [0.5, 0.6) is 0 Å². The number of benzene rings is 1. The normalized spacial score (nSPS) is 22.7. The monoisotopic (exact) mass is 436 g/mol. The largest absolute Gasteiger partial charge is 0.477 e. The van der Waals surface area contributed by atoms with Gasteiger partial charge in [0.1, 0.15) is 4.88 Å². The fraction of sp³-hybridized carbons (Fsp3) is 0.522. The van der Waals surface area contributed by atoms with E-state index >= 15 is 0 Å². The summed E-state index contributed by atoms with van der Waals surface area (Å²) in [6.45, 7) is 3.09. The Morgan fingerprint density at radius 3 is 2.66 bits per heavy atom. The van der Waals surface area contributed by atoms with Gasteiger partial charge in [0, 0.05) is 16.2 Å². The van der Waals surface area contributed by atoms with Crippen molar-refractivity contribution in [3.05, 3.63) is 57.3 Å². The van der Waals surface area contributed by atoms with Gasteiger partial charge in [-0.15, -0.1) is 22.9 Å². The molecule has 1 saturated carbocycles. The molecule has 1 aromatic heterocycles. The lowest BCUT2D eigenvalue weighted by atomic mass is 9.88. The van der Waals surface area contributed by atoms with Gasteiger partial charge in [0.05, 0.1) is 19.3 Å². The van der Waals surface area contributed by atoms with Crippen molar-refractivity contribution >= 4 is 28.9 Å². The molecule has 4 nitrogen and oxygen atoms in total. The highest BCUT2D eigenvalue weighted by atomic mass is 35.5. The third-order valence-corrected chi connectivity index (χ3v) is 7.33. The molecular weight excluding hydrogens is 408 g/mol. The van der Waals surface area contributed by atoms with Crippen molar-refractivity contribution in [3.8, 4) is 0 Å². The van der Waals surface area contributed by atoms with E-state index in [2.05, 4.69) is 19.1 Å². The van der Waals surface area contributed by atoms with E-state index in [0.717, 1.165) is 42.5 Å². The zero-order chi connectivity index (χ0) is 20.8. The number of unbranched alkanes of at least 4 members (excludes halogenated alkanes) is 1. The second-order valence-electron chi connectivity index (χ2n) is 7.77. The summed E-state index contributed by atoms with van der Waals surface area (Å²) >= 11 is 7.84. The molecule has 1 heterocycles. The van der Waals surface area contributed by atoms with Gasteiger partial charge in [-0.1, -0.05) is 44.0 Å². The van der Waals surface area contributed by atoms with E-state index in [1.165, 1.54) is 16.9 Å². The number of carboxylic acids is 1. The highest BCUT2D eigenvalue weighted by Gasteiger charge is 2.36. The van der Waals surface area contributed by atoms with Crippen LogP contribution in [0.1, 0.15) is 76.7 Å². The second kappa shape index (κ2) is 10.6. The van der Waals surface area contributed by atoms with Gasteiger partial charge >= 0.3 is 5.97 Å². The van der Waals surface area contributed by atoms with E-state index in [1.807, 2.05) is 12.1 Å². The molecule has 0 aliphatic heterocycles. The first kappa shape index (κ1) is 22.3. The summed E-state index contributed by atoms with van der Waals surface area (Å²) in [5, 5.41) is 19.4. The second-order valence-corrected chi connectivity index (χ2v) is 9.50. The average Bonchev–Trinajstić information content (AvgIpc) is 3.34. The molecule has 1 aliphatic carbocycles. The standard InChI is InChI=1S/C23H29ClO4S/c1-2-3-4-21(25)16-7-5-15(6-8-16)18-10-11-20(24)19(18)14-28-13-17-9-12-22(29-17)23(26)27/h5-9,12,18-21,25H,2-4,10-11,13-14H2,1H3,(H,26,27). The maximum atomic E-state index is 11.0. The summed E-state index contributed by atoms with van der Waals surface area (Å²) in [5.41, 5.74) is 2.22. The number of thiophene rings is 1. The number of ether oxygens (including phenoxy) is 1. The SMILES string of the molecule is CCCCC(O)c1ccc(C2CCC(Cl)C2COCc2ccc(C(=O)O)s2)cc1. The zero-order valence-corrected chi connectivity index (χ0v) is 18.3. The van der Waals surface area contributed by atoms with Crippen molar-refractivity contribution in [2.45, 2.75) is 63.0 Å². The van der Waals surface area contributed by atoms with E-state index in [1.54, 1.807) is 12.1 Å². The molecule has 2 aromatic rings. The molecule has 2 N–H and O–H groups in total. The predicted octanol–water partition coefficient (Wildman–Crippen LogP) is 5.99. The number of carboxylic acid groups (broad SMARTS) is 1. The number of aromatic carboxylic acids is 1. The molecule has 1 fully saturated rings. The smallest absolute Gasteiger partial charge is 0.345 e. The number of aliphatic hydroxyl groups excluding tert-OH is 1. The van der Waals surface area contributed by atoms with Crippen LogP contribution in [-0.4, -0.2) is 28.2 Å². The molecule has 0 bridgehead atoms. The van der Waals surface area contributed by atoms with E-state index in [0.29, 0.717) is 24.0 Å². The molecule has 0 radical (unpaired) electrons. The lowest BCUT2D eigenvalue weighted by Crippen LogP contribution is -2.20. The van der Waals surface area contributed by atoms with Crippen LogP contribution in [0.15, 0.2) is 36.4 Å². The van der Waals surface area contributed by atoms with Crippen LogP contribution < -0.4 is 0 Å². The van der Waals surface area contributed by atoms with Crippen LogP contribution in [0.25, 0.3) is 0 Å². The first-order chi connectivity index (χ1) is 14.0. The van der Waals surface area contributed by atoms with E-state index in [-0.39, 0.29) is 11.3 Å². The fourth-order valence-corrected chi connectivity index (χ4v) is 5.21. The van der Waals surface area contributed by atoms with Crippen LogP contribution >= 0.6 is 22.9 Å². The third-order valence-electron chi connectivity index (χ3n) is 5.74. The molecule has 4 atom stereocenters. The first-order valence-electron chi connectivity index (χ1n) is 10.3. The molecule has 1 aromatic carbocycles. The van der Waals surface area contributed by atoms with Gasteiger partial charge in [0.25, 0.3) is 0 Å². The molecule has 158 valence electrons. The maximum absolute atomic E-state index is 11.0. The highest BCUT2D eigenvalue weighted by Crippen LogP contribution is 2.43. The summed E-state index contributed by atoms with van der Waals surface area (Å²) in [5.74, 6) is -0.329. The maximum Gasteiger partial charge on any atom is 0.345 e. The van der Waals surface area contributed by atoms with Crippen molar-refractivity contribution in [1.82, 2.24) is 0 Å². The Kier molecular flexibility index (Phi) is 8.13. The Morgan fingerprint density at radius 2 is 2.00 bits per heavy atom. The average molecular weight is 437 g/mol. The predicted molar refractivity (Wildman–Crippen MR) is 117 cm³/mol. The van der Waals surface area contributed by atoms with Crippen molar-refractivity contribution in [3.63, 3.8) is 0 Å². The van der Waals surface area contributed by atoms with Gasteiger partial charge in [-0.3, -0.25) is 0 Å². The Balaban J connectivity index is 1.57. The third kappa shape index (κ3) is 5.82. The summed E-state index contributed by atoms with van der Waals surface area (Å²) in [4.78, 5) is 12.2. The van der Waals surface area contributed by atoms with Crippen LogP contribution in [-0.2, 0) is 11.3 Å². The van der Waals surface area contributed by atoms with Gasteiger partial charge in [-0.2, -0.15) is 0 Å². The lowest BCUT2D eigenvalue weighted by molar-refractivity contribution is 0.0702. The number of rotatable bonds is 10. The van der Waals surface area contributed by atoms with E-state index in [4.69, 9.17) is 21.4 Å². The Morgan fingerprint density at radius 1 is 1.24 bits per heavy atom. The molecule has 0 spiro atoms. The topological polar surface area (TPSA) is 66.8 Å². The van der Waals surface area contributed by atoms with Crippen LogP contribution in [0.3, 0.4) is 0 Å². The zero-order valence-electron chi connectivity index (χ0n) is 16.7. The van der Waals surface area contributed by atoms with Gasteiger partial charge in [0.2, 0.25) is 0 Å². The van der Waals surface area contributed by atoms with Crippen LogP contribution in [0.4, 0.5) is 0 Å². The minimum Gasteiger partial charge on any atom is -0.477 e. The Bertz CT molecular complexity index is 788. The summed E-state index contributed by atoms with van der Waals surface area (Å²) < 4.78 is 5.92. The van der Waals surface area contributed by atoms with Crippen molar-refractivity contribution in [2.24, 2.45) is 5.92 Å². The lowest BCUT2D eigenvalue weighted by Gasteiger charge is -2.23. The number of halogens is 1. The number of hydrogen-bond acceptors (Lipinski definition) is 4. The quantitative estimate of drug-likeness (QED) is 0.449. The number of alkyl halides is 1. The molecule has 6 heteroatoms. The summed E-state index contributed by atoms with van der Waals surface area (Å²) in [7, 11) is 0. The summed E-state index contributed by atoms with van der Waals surface area (Å²) in [6.07, 6.45) is 4.50. The van der Waals surface area contributed by atoms with E-state index in [9.17, 15) is 9.90 Å². The number of aliphatic hydroxyl groups is 1. The molecule has 0 amide bonds. The van der Waals surface area contributed by atoms with Gasteiger partial charge in [-0.05, 0) is 48.4 Å². The minimum absolute atomic E-state index is 0.0766. The van der Waals surface area contributed by atoms with E-state index < -0.39 is 12.1 Å². The van der Waals surface area contributed by atoms with Crippen LogP contribution in [0.2, 0.25) is 0 Å². The van der Waals surface area contributed by atoms with Crippen molar-refractivity contribution < 1.29 is 19.7 Å². The summed E-state index contributed by atoms with van der Waals surface area (Å²) in [6, 6.07) is 11.7. The van der Waals surface area contributed by atoms with Gasteiger partial charge < -0.3 is 14.9 Å². The molecular formula is C23H29ClO4S. The number of hydrogen-bond donors (Lipinski definition) is 2. The van der Waals surface area contributed by atoms with Crippen molar-refractivity contribution in [2.75, 3.05) is 6.61 Å². The molecule has 1 aliphatic rings. The number of carbonyl (C=O) groups is 1. The van der Waals surface area contributed by atoms with Gasteiger partial charge in [-0.25, -0.2) is 4.79 Å². The Hall–Kier alpha value is -1.40. The van der Waals surface area contributed by atoms with Gasteiger partial charge in [0.15, 0.2) is 0 Å². The van der Waals surface area contributed by atoms with Crippen molar-refractivity contribution in [1.29, 1.82) is 0 Å². The first-order valence-corrected chi connectivity index (χ1v) is 11.6. The highest BCUT2D eigenvalue weighted by molar-refractivity contribution is 7.13. The molecule has 3 rings (SSSR count). The fourth-order valence-electron chi connectivity index (χ4n) is 4.05. The molecule has 0 saturated heterocycles. The molecule has 4 unspecified atom stereocenters.